The van der Waals surface area contributed by atoms with Crippen LogP contribution in [0.4, 0.5) is 0 Å². The first-order chi connectivity index (χ1) is 12.0. The summed E-state index contributed by atoms with van der Waals surface area (Å²) in [5.74, 6) is 0.0438. The normalized spacial score (nSPS) is 19.1. The van der Waals surface area contributed by atoms with Crippen LogP contribution in [-0.2, 0) is 4.79 Å². The van der Waals surface area contributed by atoms with Gasteiger partial charge in [-0.15, -0.1) is 11.3 Å². The minimum absolute atomic E-state index is 0.140. The Kier molecular flexibility index (Phi) is 6.20. The van der Waals surface area contributed by atoms with Gasteiger partial charge in [0.2, 0.25) is 0 Å². The second-order valence-electron chi connectivity index (χ2n) is 5.89. The van der Waals surface area contributed by atoms with E-state index >= 15 is 0 Å². The highest BCUT2D eigenvalue weighted by Crippen LogP contribution is 2.43. The Morgan fingerprint density at radius 2 is 2.20 bits per heavy atom. The summed E-state index contributed by atoms with van der Waals surface area (Å²) >= 11 is 8.72. The second kappa shape index (κ2) is 8.20. The molecule has 1 saturated heterocycles. The monoisotopic (exact) mass is 487 g/mol. The third-order valence-corrected chi connectivity index (χ3v) is 6.51. The van der Waals surface area contributed by atoms with Crippen molar-refractivity contribution in [1.29, 1.82) is 0 Å². The number of halogens is 2. The Labute approximate surface area is 168 Å². The Balaban J connectivity index is 2.12. The minimum Gasteiger partial charge on any atom is -0.494 e. The van der Waals surface area contributed by atoms with E-state index in [1.165, 1.54) is 0 Å². The van der Waals surface area contributed by atoms with Gasteiger partial charge in [0, 0.05) is 21.5 Å². The molecule has 0 radical (unpaired) electrons. The van der Waals surface area contributed by atoms with Gasteiger partial charge in [-0.05, 0) is 66.0 Å². The summed E-state index contributed by atoms with van der Waals surface area (Å²) in [6, 6.07) is 9.41. The lowest BCUT2D eigenvalue weighted by Crippen LogP contribution is -2.39. The summed E-state index contributed by atoms with van der Waals surface area (Å²) in [5, 5.41) is 9.67. The molecule has 1 aromatic carbocycles. The number of thiophene rings is 1. The van der Waals surface area contributed by atoms with Crippen molar-refractivity contribution in [3.63, 3.8) is 0 Å². The third kappa shape index (κ3) is 4.10. The standard InChI is InChI=1S/C18H19Br2NO3S/c1-2-24-14-6-5-11(19)10-12(14)17(15-7-8-16(20)25-15)21-9-3-4-13(21)18(22)23/h5-8,10,13,17H,2-4,9H2,1H3,(H,22,23). The molecule has 1 fully saturated rings. The van der Waals surface area contributed by atoms with E-state index in [2.05, 4.69) is 42.8 Å². The molecule has 25 heavy (non-hydrogen) atoms. The van der Waals surface area contributed by atoms with E-state index in [0.29, 0.717) is 13.0 Å². The lowest BCUT2D eigenvalue weighted by molar-refractivity contribution is -0.142. The fourth-order valence-corrected chi connectivity index (χ4v) is 5.30. The van der Waals surface area contributed by atoms with Crippen molar-refractivity contribution >= 4 is 49.2 Å². The molecular formula is C18H19Br2NO3S. The van der Waals surface area contributed by atoms with E-state index in [1.54, 1.807) is 11.3 Å². The van der Waals surface area contributed by atoms with Gasteiger partial charge >= 0.3 is 5.97 Å². The molecule has 3 rings (SSSR count). The van der Waals surface area contributed by atoms with Gasteiger partial charge in [0.05, 0.1) is 16.4 Å². The van der Waals surface area contributed by atoms with Crippen LogP contribution in [-0.4, -0.2) is 35.2 Å². The van der Waals surface area contributed by atoms with Crippen LogP contribution in [0.3, 0.4) is 0 Å². The molecule has 2 atom stereocenters. The molecule has 0 aliphatic carbocycles. The van der Waals surface area contributed by atoms with Crippen LogP contribution in [0.5, 0.6) is 5.75 Å². The Hall–Kier alpha value is -0.890. The maximum Gasteiger partial charge on any atom is 0.320 e. The molecule has 0 saturated carbocycles. The predicted octanol–water partition coefficient (Wildman–Crippen LogP) is 5.31. The van der Waals surface area contributed by atoms with E-state index in [-0.39, 0.29) is 6.04 Å². The number of ether oxygens (including phenoxy) is 1. The number of carboxylic acids is 1. The highest BCUT2D eigenvalue weighted by Gasteiger charge is 2.38. The first-order valence-electron chi connectivity index (χ1n) is 8.17. The van der Waals surface area contributed by atoms with Gasteiger partial charge in [-0.3, -0.25) is 9.69 Å². The maximum atomic E-state index is 11.8. The quantitative estimate of drug-likeness (QED) is 0.598. The van der Waals surface area contributed by atoms with Crippen molar-refractivity contribution in [2.45, 2.75) is 31.8 Å². The van der Waals surface area contributed by atoms with Crippen LogP contribution in [0.15, 0.2) is 38.6 Å². The van der Waals surface area contributed by atoms with Crippen LogP contribution < -0.4 is 4.74 Å². The Morgan fingerprint density at radius 1 is 1.40 bits per heavy atom. The van der Waals surface area contributed by atoms with Crippen LogP contribution in [0.25, 0.3) is 0 Å². The fraction of sp³-hybridized carbons (Fsp3) is 0.389. The fourth-order valence-electron chi connectivity index (χ4n) is 3.35. The summed E-state index contributed by atoms with van der Waals surface area (Å²) in [5.41, 5.74) is 0.999. The van der Waals surface area contributed by atoms with E-state index < -0.39 is 12.0 Å². The molecule has 4 nitrogen and oxygen atoms in total. The Bertz CT molecular complexity index is 765. The van der Waals surface area contributed by atoms with E-state index in [1.807, 2.05) is 31.2 Å². The van der Waals surface area contributed by atoms with Crippen molar-refractivity contribution in [3.05, 3.63) is 49.0 Å². The van der Waals surface area contributed by atoms with E-state index in [9.17, 15) is 9.90 Å². The number of hydrogen-bond donors (Lipinski definition) is 1. The summed E-state index contributed by atoms with van der Waals surface area (Å²) < 4.78 is 7.84. The molecule has 1 aliphatic rings. The number of aliphatic carboxylic acids is 1. The van der Waals surface area contributed by atoms with Crippen LogP contribution in [0, 0.1) is 0 Å². The number of benzene rings is 1. The minimum atomic E-state index is -0.758. The molecule has 2 heterocycles. The van der Waals surface area contributed by atoms with E-state index in [0.717, 1.165) is 37.4 Å². The highest BCUT2D eigenvalue weighted by molar-refractivity contribution is 9.11. The summed E-state index contributed by atoms with van der Waals surface area (Å²) in [6.45, 7) is 3.28. The first-order valence-corrected chi connectivity index (χ1v) is 10.6. The van der Waals surface area contributed by atoms with Crippen molar-refractivity contribution in [2.75, 3.05) is 13.2 Å². The topological polar surface area (TPSA) is 49.8 Å². The molecule has 1 N–H and O–H groups in total. The number of nitrogens with zero attached hydrogens (tertiary/aromatic N) is 1. The summed E-state index contributed by atoms with van der Waals surface area (Å²) in [7, 11) is 0. The summed E-state index contributed by atoms with van der Waals surface area (Å²) in [4.78, 5) is 15.0. The average Bonchev–Trinajstić information content (AvgIpc) is 3.20. The molecular weight excluding hydrogens is 470 g/mol. The molecule has 1 aliphatic heterocycles. The van der Waals surface area contributed by atoms with Gasteiger partial charge in [-0.2, -0.15) is 0 Å². The molecule has 0 amide bonds. The number of carboxylic acid groups (broad SMARTS) is 1. The van der Waals surface area contributed by atoms with Gasteiger partial charge in [-0.25, -0.2) is 0 Å². The van der Waals surface area contributed by atoms with Crippen molar-refractivity contribution in [1.82, 2.24) is 4.90 Å². The number of rotatable bonds is 6. The molecule has 2 aromatic rings. The third-order valence-electron chi connectivity index (χ3n) is 4.34. The lowest BCUT2D eigenvalue weighted by atomic mass is 10.0. The highest BCUT2D eigenvalue weighted by atomic mass is 79.9. The molecule has 2 unspecified atom stereocenters. The number of hydrogen-bond acceptors (Lipinski definition) is 4. The van der Waals surface area contributed by atoms with Gasteiger partial charge in [0.1, 0.15) is 11.8 Å². The smallest absolute Gasteiger partial charge is 0.320 e. The van der Waals surface area contributed by atoms with Crippen LogP contribution in [0.1, 0.15) is 36.2 Å². The van der Waals surface area contributed by atoms with Crippen molar-refractivity contribution < 1.29 is 14.6 Å². The number of likely N-dealkylation sites (tertiary alicyclic amines) is 1. The van der Waals surface area contributed by atoms with Gasteiger partial charge in [0.15, 0.2) is 0 Å². The van der Waals surface area contributed by atoms with Crippen molar-refractivity contribution in [3.8, 4) is 5.75 Å². The first kappa shape index (κ1) is 18.9. The molecule has 7 heteroatoms. The Morgan fingerprint density at radius 3 is 2.84 bits per heavy atom. The zero-order valence-electron chi connectivity index (χ0n) is 13.7. The van der Waals surface area contributed by atoms with E-state index in [4.69, 9.17) is 4.74 Å². The second-order valence-corrected chi connectivity index (χ2v) is 9.30. The van der Waals surface area contributed by atoms with Gasteiger partial charge in [0.25, 0.3) is 0 Å². The summed E-state index contributed by atoms with van der Waals surface area (Å²) in [6.07, 6.45) is 1.56. The molecule has 0 spiro atoms. The SMILES string of the molecule is CCOc1ccc(Br)cc1C(c1ccc(Br)s1)N1CCCC1C(=O)O. The van der Waals surface area contributed by atoms with Gasteiger partial charge < -0.3 is 9.84 Å². The van der Waals surface area contributed by atoms with Crippen molar-refractivity contribution in [2.24, 2.45) is 0 Å². The van der Waals surface area contributed by atoms with Crippen LogP contribution >= 0.6 is 43.2 Å². The number of carbonyl (C=O) groups is 1. The maximum absolute atomic E-state index is 11.8. The largest absolute Gasteiger partial charge is 0.494 e. The predicted molar refractivity (Wildman–Crippen MR) is 107 cm³/mol. The van der Waals surface area contributed by atoms with Gasteiger partial charge in [-0.1, -0.05) is 15.9 Å². The zero-order chi connectivity index (χ0) is 18.0. The molecule has 1 aromatic heterocycles. The average molecular weight is 489 g/mol. The zero-order valence-corrected chi connectivity index (χ0v) is 17.7. The molecule has 134 valence electrons. The van der Waals surface area contributed by atoms with Crippen LogP contribution in [0.2, 0.25) is 0 Å². The lowest BCUT2D eigenvalue weighted by Gasteiger charge is -2.32. The molecule has 0 bridgehead atoms.